The van der Waals surface area contributed by atoms with E-state index in [0.29, 0.717) is 31.5 Å². The molecule has 2 bridgehead atoms. The highest BCUT2D eigenvalue weighted by molar-refractivity contribution is 5.76. The van der Waals surface area contributed by atoms with Gasteiger partial charge in [0.25, 0.3) is 0 Å². The number of hydrogen-bond donors (Lipinski definition) is 2. The van der Waals surface area contributed by atoms with Gasteiger partial charge >= 0.3 is 0 Å². The molecule has 0 spiro atoms. The molecule has 18 heavy (non-hydrogen) atoms. The van der Waals surface area contributed by atoms with Gasteiger partial charge in [-0.2, -0.15) is 0 Å². The van der Waals surface area contributed by atoms with E-state index in [0.717, 1.165) is 6.54 Å². The maximum Gasteiger partial charge on any atom is 0.222 e. The number of nitrogens with two attached hydrogens (primary N) is 1. The molecule has 1 amide bonds. The summed E-state index contributed by atoms with van der Waals surface area (Å²) >= 11 is 0. The van der Waals surface area contributed by atoms with E-state index in [4.69, 9.17) is 10.5 Å². The number of amides is 1. The largest absolute Gasteiger partial charge is 0.377 e. The second kappa shape index (κ2) is 6.50. The van der Waals surface area contributed by atoms with Crippen LogP contribution in [-0.2, 0) is 9.53 Å². The Balaban J connectivity index is 1.77. The molecule has 3 rings (SSSR count). The minimum absolute atomic E-state index is 0.0812. The molecule has 0 aromatic carbocycles. The number of hydrogen-bond acceptors (Lipinski definition) is 4. The molecule has 104 valence electrons. The monoisotopic (exact) mass is 255 g/mol. The summed E-state index contributed by atoms with van der Waals surface area (Å²) in [5, 5.41) is 3.16. The summed E-state index contributed by atoms with van der Waals surface area (Å²) in [5.41, 5.74) is 5.59. The highest BCUT2D eigenvalue weighted by Gasteiger charge is 2.34. The molecule has 0 radical (unpaired) electrons. The third-order valence-corrected chi connectivity index (χ3v) is 4.08. The van der Waals surface area contributed by atoms with E-state index < -0.39 is 0 Å². The first-order valence-corrected chi connectivity index (χ1v) is 7.06. The molecular formula is C13H25N3O2. The van der Waals surface area contributed by atoms with Crippen LogP contribution in [0.15, 0.2) is 0 Å². The zero-order valence-corrected chi connectivity index (χ0v) is 11.2. The van der Waals surface area contributed by atoms with Crippen molar-refractivity contribution in [3.05, 3.63) is 0 Å². The zero-order chi connectivity index (χ0) is 13.0. The van der Waals surface area contributed by atoms with Crippen molar-refractivity contribution in [1.82, 2.24) is 10.2 Å². The van der Waals surface area contributed by atoms with Crippen molar-refractivity contribution in [2.24, 2.45) is 11.7 Å². The Labute approximate surface area is 109 Å². The maximum absolute atomic E-state index is 12.0. The fraction of sp³-hybridized carbons (Fsp3) is 0.923. The molecule has 3 saturated heterocycles. The molecule has 3 aliphatic rings. The molecular weight excluding hydrogens is 230 g/mol. The molecule has 3 N–H and O–H groups in total. The fourth-order valence-electron chi connectivity index (χ4n) is 3.05. The summed E-state index contributed by atoms with van der Waals surface area (Å²) in [4.78, 5) is 14.4. The Bertz CT molecular complexity index is 277. The van der Waals surface area contributed by atoms with Crippen molar-refractivity contribution in [3.63, 3.8) is 0 Å². The topological polar surface area (TPSA) is 67.6 Å². The van der Waals surface area contributed by atoms with E-state index in [-0.39, 0.29) is 12.0 Å². The van der Waals surface area contributed by atoms with E-state index in [1.807, 2.05) is 6.92 Å². The lowest BCUT2D eigenvalue weighted by atomic mass is 9.84. The summed E-state index contributed by atoms with van der Waals surface area (Å²) in [5.74, 6) is 0.750. The van der Waals surface area contributed by atoms with Gasteiger partial charge < -0.3 is 20.7 Å². The van der Waals surface area contributed by atoms with Crippen LogP contribution in [0, 0.1) is 5.92 Å². The van der Waals surface area contributed by atoms with Crippen molar-refractivity contribution in [3.8, 4) is 0 Å². The Morgan fingerprint density at radius 3 is 2.72 bits per heavy atom. The first-order chi connectivity index (χ1) is 8.72. The molecule has 5 heteroatoms. The van der Waals surface area contributed by atoms with Crippen LogP contribution in [0.3, 0.4) is 0 Å². The predicted octanol–water partition coefficient (Wildman–Crippen LogP) is -0.0493. The van der Waals surface area contributed by atoms with Crippen LogP contribution in [0.1, 0.15) is 26.2 Å². The lowest BCUT2D eigenvalue weighted by Crippen LogP contribution is -2.57. The zero-order valence-electron chi connectivity index (χ0n) is 11.2. The third kappa shape index (κ3) is 3.43. The number of ether oxygens (including phenoxy) is 1. The van der Waals surface area contributed by atoms with E-state index >= 15 is 0 Å². The van der Waals surface area contributed by atoms with E-state index in [1.165, 1.54) is 25.9 Å². The highest BCUT2D eigenvalue weighted by atomic mass is 16.5. The summed E-state index contributed by atoms with van der Waals surface area (Å²) in [6.07, 6.45) is 2.68. The van der Waals surface area contributed by atoms with E-state index in [1.54, 1.807) is 0 Å². The van der Waals surface area contributed by atoms with Crippen LogP contribution in [0.5, 0.6) is 0 Å². The number of fused-ring (bicyclic) bond motifs is 3. The molecule has 0 saturated carbocycles. The van der Waals surface area contributed by atoms with Crippen molar-refractivity contribution < 1.29 is 9.53 Å². The van der Waals surface area contributed by atoms with Crippen molar-refractivity contribution in [2.45, 2.75) is 38.3 Å². The Hall–Kier alpha value is -0.650. The number of rotatable bonds is 6. The SMILES string of the molecule is CCOC(CN)CC(=O)NC1CN2CCC1CC2. The van der Waals surface area contributed by atoms with Gasteiger partial charge in [0.05, 0.1) is 12.5 Å². The number of nitrogens with one attached hydrogen (secondary N) is 1. The number of carbonyl (C=O) groups is 1. The molecule has 0 aliphatic carbocycles. The van der Waals surface area contributed by atoms with Crippen LogP contribution in [-0.4, -0.2) is 55.7 Å². The molecule has 2 unspecified atom stereocenters. The normalized spacial score (nSPS) is 32.2. The first kappa shape index (κ1) is 13.8. The molecule has 0 aromatic rings. The van der Waals surface area contributed by atoms with Crippen LogP contribution in [0.25, 0.3) is 0 Å². The predicted molar refractivity (Wildman–Crippen MR) is 70.2 cm³/mol. The Morgan fingerprint density at radius 2 is 2.22 bits per heavy atom. The van der Waals surface area contributed by atoms with Crippen molar-refractivity contribution in [1.29, 1.82) is 0 Å². The van der Waals surface area contributed by atoms with Crippen LogP contribution >= 0.6 is 0 Å². The van der Waals surface area contributed by atoms with Crippen LogP contribution < -0.4 is 11.1 Å². The smallest absolute Gasteiger partial charge is 0.222 e. The standard InChI is InChI=1S/C13H25N3O2/c1-2-18-11(8-14)7-13(17)15-12-9-16-5-3-10(12)4-6-16/h10-12H,2-9,14H2,1H3,(H,15,17). The Kier molecular flexibility index (Phi) is 4.97. The number of piperidine rings is 3. The summed E-state index contributed by atoms with van der Waals surface area (Å²) in [7, 11) is 0. The van der Waals surface area contributed by atoms with Gasteiger partial charge in [0.15, 0.2) is 0 Å². The van der Waals surface area contributed by atoms with Gasteiger partial charge in [-0.1, -0.05) is 0 Å². The lowest BCUT2D eigenvalue weighted by molar-refractivity contribution is -0.125. The van der Waals surface area contributed by atoms with Crippen molar-refractivity contribution >= 4 is 5.91 Å². The minimum atomic E-state index is -0.143. The molecule has 5 nitrogen and oxygen atoms in total. The van der Waals surface area contributed by atoms with E-state index in [9.17, 15) is 4.79 Å². The van der Waals surface area contributed by atoms with Crippen LogP contribution in [0.2, 0.25) is 0 Å². The van der Waals surface area contributed by atoms with E-state index in [2.05, 4.69) is 10.2 Å². The molecule has 0 aromatic heterocycles. The summed E-state index contributed by atoms with van der Waals surface area (Å²) in [6, 6.07) is 0.333. The molecule has 3 aliphatic heterocycles. The number of carbonyl (C=O) groups excluding carboxylic acids is 1. The van der Waals surface area contributed by atoms with Gasteiger partial charge in [-0.3, -0.25) is 4.79 Å². The average Bonchev–Trinajstić information content (AvgIpc) is 2.39. The van der Waals surface area contributed by atoms with Crippen molar-refractivity contribution in [2.75, 3.05) is 32.8 Å². The maximum atomic E-state index is 12.0. The van der Waals surface area contributed by atoms with Crippen LogP contribution in [0.4, 0.5) is 0 Å². The fourth-order valence-corrected chi connectivity index (χ4v) is 3.05. The van der Waals surface area contributed by atoms with Gasteiger partial charge in [0, 0.05) is 25.7 Å². The summed E-state index contributed by atoms with van der Waals surface area (Å²) in [6.45, 7) is 6.34. The first-order valence-electron chi connectivity index (χ1n) is 7.06. The van der Waals surface area contributed by atoms with Gasteiger partial charge in [-0.15, -0.1) is 0 Å². The highest BCUT2D eigenvalue weighted by Crippen LogP contribution is 2.27. The molecule has 3 heterocycles. The Morgan fingerprint density at radius 1 is 1.50 bits per heavy atom. The van der Waals surface area contributed by atoms with Gasteiger partial charge in [-0.05, 0) is 38.8 Å². The quantitative estimate of drug-likeness (QED) is 0.698. The van der Waals surface area contributed by atoms with Gasteiger partial charge in [0.1, 0.15) is 0 Å². The molecule has 2 atom stereocenters. The van der Waals surface area contributed by atoms with Gasteiger partial charge in [0.2, 0.25) is 5.91 Å². The summed E-state index contributed by atoms with van der Waals surface area (Å²) < 4.78 is 5.42. The second-order valence-corrected chi connectivity index (χ2v) is 5.33. The lowest BCUT2D eigenvalue weighted by Gasteiger charge is -2.45. The number of nitrogens with zero attached hydrogens (tertiary/aromatic N) is 1. The molecule has 3 fully saturated rings. The second-order valence-electron chi connectivity index (χ2n) is 5.33. The average molecular weight is 255 g/mol. The van der Waals surface area contributed by atoms with Gasteiger partial charge in [-0.25, -0.2) is 0 Å². The third-order valence-electron chi connectivity index (χ3n) is 4.08. The minimum Gasteiger partial charge on any atom is -0.377 e.